The quantitative estimate of drug-likeness (QED) is 0.841. The number of ether oxygens (including phenoxy) is 3. The van der Waals surface area contributed by atoms with Crippen LogP contribution in [-0.2, 0) is 12.8 Å². The number of benzene rings is 2. The van der Waals surface area contributed by atoms with Gasteiger partial charge in [-0.3, -0.25) is 4.90 Å². The Morgan fingerprint density at radius 3 is 2.33 bits per heavy atom. The Morgan fingerprint density at radius 2 is 1.62 bits per heavy atom. The van der Waals surface area contributed by atoms with Crippen molar-refractivity contribution in [3.05, 3.63) is 53.1 Å². The molecule has 1 unspecified atom stereocenters. The van der Waals surface area contributed by atoms with Crippen LogP contribution in [0.15, 0.2) is 36.4 Å². The lowest BCUT2D eigenvalue weighted by Crippen LogP contribution is -2.33. The van der Waals surface area contributed by atoms with Gasteiger partial charge in [-0.15, -0.1) is 0 Å². The zero-order chi connectivity index (χ0) is 17.1. The van der Waals surface area contributed by atoms with Gasteiger partial charge in [-0.25, -0.2) is 0 Å². The van der Waals surface area contributed by atoms with Crippen molar-refractivity contribution in [3.63, 3.8) is 0 Å². The van der Waals surface area contributed by atoms with Gasteiger partial charge in [0.15, 0.2) is 11.5 Å². The maximum Gasteiger partial charge on any atom is 0.161 e. The molecule has 1 heterocycles. The van der Waals surface area contributed by atoms with Crippen LogP contribution >= 0.6 is 0 Å². The molecule has 2 aromatic rings. The van der Waals surface area contributed by atoms with Crippen LogP contribution in [0.1, 0.15) is 22.7 Å². The van der Waals surface area contributed by atoms with Crippen molar-refractivity contribution in [2.75, 3.05) is 34.9 Å². The number of nitrogens with zero attached hydrogens (tertiary/aromatic N) is 1. The highest BCUT2D eigenvalue weighted by Crippen LogP contribution is 2.39. The number of likely N-dealkylation sites (N-methyl/N-ethyl adjacent to an activating group) is 1. The SMILES string of the molecule is COc1ccccc1CC1c2cc(OC)c(OC)cc2CCN1C. The molecule has 0 N–H and O–H groups in total. The summed E-state index contributed by atoms with van der Waals surface area (Å²) in [4.78, 5) is 2.40. The molecule has 0 radical (unpaired) electrons. The predicted octanol–water partition coefficient (Wildman–Crippen LogP) is 3.48. The Morgan fingerprint density at radius 1 is 0.958 bits per heavy atom. The average Bonchev–Trinajstić information content (AvgIpc) is 2.63. The van der Waals surface area contributed by atoms with Crippen molar-refractivity contribution in [2.24, 2.45) is 0 Å². The molecular formula is C20H25NO3. The summed E-state index contributed by atoms with van der Waals surface area (Å²) < 4.78 is 16.5. The molecule has 2 aromatic carbocycles. The maximum atomic E-state index is 5.53. The Hall–Kier alpha value is -2.20. The van der Waals surface area contributed by atoms with Crippen molar-refractivity contribution in [2.45, 2.75) is 18.9 Å². The fraction of sp³-hybridized carbons (Fsp3) is 0.400. The van der Waals surface area contributed by atoms with E-state index in [1.807, 2.05) is 12.1 Å². The molecule has 0 saturated heterocycles. The van der Waals surface area contributed by atoms with E-state index in [4.69, 9.17) is 14.2 Å². The second kappa shape index (κ2) is 7.14. The summed E-state index contributed by atoms with van der Waals surface area (Å²) in [5.74, 6) is 2.53. The van der Waals surface area contributed by atoms with Gasteiger partial charge in [0.25, 0.3) is 0 Å². The van der Waals surface area contributed by atoms with Gasteiger partial charge in [0.1, 0.15) is 5.75 Å². The Kier molecular flexibility index (Phi) is 4.95. The first-order chi connectivity index (χ1) is 11.7. The minimum atomic E-state index is 0.296. The maximum absolute atomic E-state index is 5.53. The normalized spacial score (nSPS) is 17.2. The summed E-state index contributed by atoms with van der Waals surface area (Å²) in [6.07, 6.45) is 1.93. The number of hydrogen-bond donors (Lipinski definition) is 0. The molecule has 24 heavy (non-hydrogen) atoms. The zero-order valence-electron chi connectivity index (χ0n) is 14.8. The van der Waals surface area contributed by atoms with Crippen LogP contribution in [0.25, 0.3) is 0 Å². The first kappa shape index (κ1) is 16.7. The second-order valence-electron chi connectivity index (χ2n) is 6.17. The highest BCUT2D eigenvalue weighted by Gasteiger charge is 2.27. The Labute approximate surface area is 144 Å². The fourth-order valence-electron chi connectivity index (χ4n) is 3.50. The summed E-state index contributed by atoms with van der Waals surface area (Å²) in [6.45, 7) is 1.03. The highest BCUT2D eigenvalue weighted by atomic mass is 16.5. The van der Waals surface area contributed by atoms with E-state index in [1.54, 1.807) is 21.3 Å². The molecule has 1 aliphatic rings. The summed E-state index contributed by atoms with van der Waals surface area (Å²) >= 11 is 0. The molecule has 1 aliphatic heterocycles. The third-order valence-corrected chi connectivity index (χ3v) is 4.88. The van der Waals surface area contributed by atoms with E-state index in [9.17, 15) is 0 Å². The lowest BCUT2D eigenvalue weighted by Gasteiger charge is -2.35. The Bertz CT molecular complexity index is 714. The fourth-order valence-corrected chi connectivity index (χ4v) is 3.50. The standard InChI is InChI=1S/C20H25NO3/c1-21-10-9-14-12-19(23-3)20(24-4)13-16(14)17(21)11-15-7-5-6-8-18(15)22-2/h5-8,12-13,17H,9-11H2,1-4H3. The second-order valence-corrected chi connectivity index (χ2v) is 6.17. The molecule has 0 saturated carbocycles. The van der Waals surface area contributed by atoms with Crippen LogP contribution in [0.4, 0.5) is 0 Å². The van der Waals surface area contributed by atoms with E-state index in [1.165, 1.54) is 16.7 Å². The van der Waals surface area contributed by atoms with Gasteiger partial charge in [-0.1, -0.05) is 18.2 Å². The third-order valence-electron chi connectivity index (χ3n) is 4.88. The molecule has 0 aliphatic carbocycles. The van der Waals surface area contributed by atoms with Gasteiger partial charge < -0.3 is 14.2 Å². The molecule has 0 amide bonds. The number of para-hydroxylation sites is 1. The summed E-state index contributed by atoms with van der Waals surface area (Å²) in [5.41, 5.74) is 3.87. The minimum absolute atomic E-state index is 0.296. The van der Waals surface area contributed by atoms with Crippen LogP contribution in [0.5, 0.6) is 17.2 Å². The molecule has 0 fully saturated rings. The molecule has 0 aromatic heterocycles. The lowest BCUT2D eigenvalue weighted by molar-refractivity contribution is 0.226. The van der Waals surface area contributed by atoms with E-state index in [-0.39, 0.29) is 0 Å². The van der Waals surface area contributed by atoms with Crippen molar-refractivity contribution < 1.29 is 14.2 Å². The van der Waals surface area contributed by atoms with E-state index in [0.717, 1.165) is 36.6 Å². The first-order valence-corrected chi connectivity index (χ1v) is 8.24. The third kappa shape index (κ3) is 3.06. The highest BCUT2D eigenvalue weighted by molar-refractivity contribution is 5.50. The van der Waals surface area contributed by atoms with Gasteiger partial charge >= 0.3 is 0 Å². The molecule has 3 rings (SSSR count). The number of fused-ring (bicyclic) bond motifs is 1. The predicted molar refractivity (Wildman–Crippen MR) is 95.3 cm³/mol. The topological polar surface area (TPSA) is 30.9 Å². The molecule has 4 nitrogen and oxygen atoms in total. The van der Waals surface area contributed by atoms with Crippen LogP contribution in [0, 0.1) is 0 Å². The molecule has 128 valence electrons. The average molecular weight is 327 g/mol. The van der Waals surface area contributed by atoms with E-state index >= 15 is 0 Å². The van der Waals surface area contributed by atoms with Gasteiger partial charge in [0, 0.05) is 12.6 Å². The van der Waals surface area contributed by atoms with E-state index < -0.39 is 0 Å². The molecule has 4 heteroatoms. The van der Waals surface area contributed by atoms with Crippen LogP contribution < -0.4 is 14.2 Å². The molecular weight excluding hydrogens is 302 g/mol. The first-order valence-electron chi connectivity index (χ1n) is 8.24. The van der Waals surface area contributed by atoms with Gasteiger partial charge in [-0.2, -0.15) is 0 Å². The zero-order valence-corrected chi connectivity index (χ0v) is 14.8. The number of methoxy groups -OCH3 is 3. The molecule has 0 spiro atoms. The van der Waals surface area contributed by atoms with E-state index in [2.05, 4.69) is 36.2 Å². The molecule has 1 atom stereocenters. The number of hydrogen-bond acceptors (Lipinski definition) is 4. The number of rotatable bonds is 5. The van der Waals surface area contributed by atoms with Gasteiger partial charge in [-0.05, 0) is 54.8 Å². The van der Waals surface area contributed by atoms with E-state index in [0.29, 0.717) is 6.04 Å². The minimum Gasteiger partial charge on any atom is -0.496 e. The van der Waals surface area contributed by atoms with Crippen molar-refractivity contribution >= 4 is 0 Å². The largest absolute Gasteiger partial charge is 0.496 e. The smallest absolute Gasteiger partial charge is 0.161 e. The van der Waals surface area contributed by atoms with Crippen molar-refractivity contribution in [1.82, 2.24) is 4.90 Å². The monoisotopic (exact) mass is 327 g/mol. The molecule has 0 bridgehead atoms. The van der Waals surface area contributed by atoms with Crippen molar-refractivity contribution in [1.29, 1.82) is 0 Å². The lowest BCUT2D eigenvalue weighted by atomic mass is 9.88. The summed E-state index contributed by atoms with van der Waals surface area (Å²) in [6, 6.07) is 12.8. The van der Waals surface area contributed by atoms with Crippen LogP contribution in [0.3, 0.4) is 0 Å². The van der Waals surface area contributed by atoms with Gasteiger partial charge in [0.2, 0.25) is 0 Å². The van der Waals surface area contributed by atoms with Gasteiger partial charge in [0.05, 0.1) is 21.3 Å². The van der Waals surface area contributed by atoms with Crippen LogP contribution in [0.2, 0.25) is 0 Å². The van der Waals surface area contributed by atoms with Crippen LogP contribution in [-0.4, -0.2) is 39.8 Å². The van der Waals surface area contributed by atoms with Crippen molar-refractivity contribution in [3.8, 4) is 17.2 Å². The summed E-state index contributed by atoms with van der Waals surface area (Å²) in [5, 5.41) is 0. The summed E-state index contributed by atoms with van der Waals surface area (Å²) in [7, 11) is 7.28. The Balaban J connectivity index is 2.00.